The van der Waals surface area contributed by atoms with Crippen molar-refractivity contribution in [2.45, 2.75) is 52.0 Å². The van der Waals surface area contributed by atoms with Gasteiger partial charge in [0.25, 0.3) is 0 Å². The molecule has 0 aliphatic heterocycles. The number of rotatable bonds is 6. The van der Waals surface area contributed by atoms with Gasteiger partial charge in [-0.05, 0) is 54.1 Å². The van der Waals surface area contributed by atoms with Crippen molar-refractivity contribution in [1.82, 2.24) is 5.32 Å². The molecule has 0 spiro atoms. The zero-order valence-electron chi connectivity index (χ0n) is 10.5. The molecule has 2 rings (SSSR count). The lowest BCUT2D eigenvalue weighted by Crippen LogP contribution is -2.26. The molecule has 1 nitrogen and oxygen atoms in total. The summed E-state index contributed by atoms with van der Waals surface area (Å²) in [5.41, 5.74) is 3.02. The maximum atomic E-state index is 3.72. The molecule has 0 radical (unpaired) electrons. The predicted octanol–water partition coefficient (Wildman–Crippen LogP) is 4.29. The second-order valence-corrected chi connectivity index (χ2v) is 5.79. The molecule has 1 saturated carbocycles. The molecule has 16 heavy (non-hydrogen) atoms. The molecule has 1 atom stereocenters. The summed E-state index contributed by atoms with van der Waals surface area (Å²) in [5.74, 6) is 0.980. The molecule has 1 aromatic rings. The fourth-order valence-electron chi connectivity index (χ4n) is 2.43. The van der Waals surface area contributed by atoms with E-state index >= 15 is 0 Å². The Morgan fingerprint density at radius 2 is 2.25 bits per heavy atom. The summed E-state index contributed by atoms with van der Waals surface area (Å²) in [5, 5.41) is 8.33. The first-order valence-electron chi connectivity index (χ1n) is 6.57. The molecule has 1 unspecified atom stereocenters. The van der Waals surface area contributed by atoms with Gasteiger partial charge in [0.2, 0.25) is 0 Å². The molecule has 0 saturated heterocycles. The zero-order chi connectivity index (χ0) is 11.4. The van der Waals surface area contributed by atoms with Crippen LogP contribution in [0.2, 0.25) is 0 Å². The van der Waals surface area contributed by atoms with Crippen LogP contribution in [0.4, 0.5) is 0 Å². The van der Waals surface area contributed by atoms with Gasteiger partial charge < -0.3 is 5.32 Å². The molecule has 1 N–H and O–H groups in total. The van der Waals surface area contributed by atoms with Crippen molar-refractivity contribution in [3.8, 4) is 0 Å². The second-order valence-electron chi connectivity index (χ2n) is 5.05. The van der Waals surface area contributed by atoms with E-state index in [-0.39, 0.29) is 0 Å². The number of hydrogen-bond acceptors (Lipinski definition) is 2. The van der Waals surface area contributed by atoms with Gasteiger partial charge in [0, 0.05) is 6.04 Å². The van der Waals surface area contributed by atoms with Gasteiger partial charge in [-0.3, -0.25) is 0 Å². The fraction of sp³-hybridized carbons (Fsp3) is 0.714. The van der Waals surface area contributed by atoms with Crippen LogP contribution in [0.25, 0.3) is 0 Å². The standard InChI is InChI=1S/C14H23NS/c1-3-7-15-14(8-12-5-4-6-12)13-10-16-9-11(13)2/h9-10,12,14-15H,3-8H2,1-2H3. The Morgan fingerprint density at radius 3 is 2.75 bits per heavy atom. The van der Waals surface area contributed by atoms with Crippen LogP contribution in [0, 0.1) is 12.8 Å². The Kier molecular flexibility index (Phi) is 4.42. The summed E-state index contributed by atoms with van der Waals surface area (Å²) in [6.07, 6.45) is 6.93. The SMILES string of the molecule is CCCNC(CC1CCC1)c1cscc1C. The molecule has 2 heteroatoms. The Labute approximate surface area is 103 Å². The number of thiophene rings is 1. The Bertz CT molecular complexity index is 314. The van der Waals surface area contributed by atoms with Crippen LogP contribution in [0.5, 0.6) is 0 Å². The van der Waals surface area contributed by atoms with E-state index in [0.717, 1.165) is 12.5 Å². The van der Waals surface area contributed by atoms with E-state index in [0.29, 0.717) is 6.04 Å². The first-order valence-corrected chi connectivity index (χ1v) is 7.51. The van der Waals surface area contributed by atoms with E-state index in [1.54, 1.807) is 5.56 Å². The number of hydrogen-bond donors (Lipinski definition) is 1. The minimum atomic E-state index is 0.608. The monoisotopic (exact) mass is 237 g/mol. The van der Waals surface area contributed by atoms with E-state index in [4.69, 9.17) is 0 Å². The molecule has 1 fully saturated rings. The largest absolute Gasteiger partial charge is 0.310 e. The van der Waals surface area contributed by atoms with E-state index in [9.17, 15) is 0 Å². The molecule has 1 heterocycles. The van der Waals surface area contributed by atoms with Gasteiger partial charge in [0.15, 0.2) is 0 Å². The maximum Gasteiger partial charge on any atom is 0.0333 e. The van der Waals surface area contributed by atoms with Crippen molar-refractivity contribution in [3.63, 3.8) is 0 Å². The summed E-state index contributed by atoms with van der Waals surface area (Å²) >= 11 is 1.84. The third kappa shape index (κ3) is 2.86. The van der Waals surface area contributed by atoms with Crippen molar-refractivity contribution in [2.24, 2.45) is 5.92 Å². The van der Waals surface area contributed by atoms with Crippen molar-refractivity contribution >= 4 is 11.3 Å². The topological polar surface area (TPSA) is 12.0 Å². The fourth-order valence-corrected chi connectivity index (χ4v) is 3.33. The molecule has 90 valence electrons. The van der Waals surface area contributed by atoms with E-state index in [1.165, 1.54) is 37.7 Å². The first kappa shape index (κ1) is 12.1. The summed E-state index contributed by atoms with van der Waals surface area (Å²) < 4.78 is 0. The molecular weight excluding hydrogens is 214 g/mol. The van der Waals surface area contributed by atoms with Crippen molar-refractivity contribution < 1.29 is 0 Å². The maximum absolute atomic E-state index is 3.72. The molecule has 0 bridgehead atoms. The second kappa shape index (κ2) is 5.83. The smallest absolute Gasteiger partial charge is 0.0333 e. The van der Waals surface area contributed by atoms with Gasteiger partial charge >= 0.3 is 0 Å². The number of nitrogens with one attached hydrogen (secondary N) is 1. The van der Waals surface area contributed by atoms with Crippen LogP contribution >= 0.6 is 11.3 Å². The van der Waals surface area contributed by atoms with Crippen molar-refractivity contribution in [3.05, 3.63) is 21.9 Å². The Balaban J connectivity index is 1.98. The van der Waals surface area contributed by atoms with Gasteiger partial charge in [0.1, 0.15) is 0 Å². The van der Waals surface area contributed by atoms with Gasteiger partial charge in [-0.25, -0.2) is 0 Å². The lowest BCUT2D eigenvalue weighted by atomic mass is 9.79. The normalized spacial score (nSPS) is 18.4. The third-order valence-corrected chi connectivity index (χ3v) is 4.58. The van der Waals surface area contributed by atoms with Gasteiger partial charge in [-0.2, -0.15) is 11.3 Å². The van der Waals surface area contributed by atoms with E-state index in [2.05, 4.69) is 29.9 Å². The highest BCUT2D eigenvalue weighted by Gasteiger charge is 2.23. The quantitative estimate of drug-likeness (QED) is 0.778. The lowest BCUT2D eigenvalue weighted by molar-refractivity contribution is 0.261. The molecular formula is C14H23NS. The van der Waals surface area contributed by atoms with E-state index in [1.807, 2.05) is 11.3 Å². The minimum Gasteiger partial charge on any atom is -0.310 e. The average molecular weight is 237 g/mol. The van der Waals surface area contributed by atoms with Gasteiger partial charge in [-0.1, -0.05) is 26.2 Å². The van der Waals surface area contributed by atoms with Gasteiger partial charge in [-0.15, -0.1) is 0 Å². The molecule has 1 aliphatic carbocycles. The van der Waals surface area contributed by atoms with Crippen LogP contribution in [0.3, 0.4) is 0 Å². The molecule has 1 aromatic heterocycles. The van der Waals surface area contributed by atoms with E-state index < -0.39 is 0 Å². The van der Waals surface area contributed by atoms with Crippen molar-refractivity contribution in [1.29, 1.82) is 0 Å². The highest BCUT2D eigenvalue weighted by molar-refractivity contribution is 7.08. The average Bonchev–Trinajstić information content (AvgIpc) is 2.62. The van der Waals surface area contributed by atoms with Crippen molar-refractivity contribution in [2.75, 3.05) is 6.54 Å². The Hall–Kier alpha value is -0.340. The van der Waals surface area contributed by atoms with Crippen LogP contribution in [-0.2, 0) is 0 Å². The predicted molar refractivity (Wildman–Crippen MR) is 72.0 cm³/mol. The lowest BCUT2D eigenvalue weighted by Gasteiger charge is -2.30. The zero-order valence-corrected chi connectivity index (χ0v) is 11.3. The third-order valence-electron chi connectivity index (χ3n) is 3.71. The first-order chi connectivity index (χ1) is 7.81. The van der Waals surface area contributed by atoms with Crippen LogP contribution < -0.4 is 5.32 Å². The van der Waals surface area contributed by atoms with Crippen LogP contribution in [0.15, 0.2) is 10.8 Å². The summed E-state index contributed by atoms with van der Waals surface area (Å²) in [6, 6.07) is 0.608. The number of aryl methyl sites for hydroxylation is 1. The highest BCUT2D eigenvalue weighted by atomic mass is 32.1. The summed E-state index contributed by atoms with van der Waals surface area (Å²) in [7, 11) is 0. The summed E-state index contributed by atoms with van der Waals surface area (Å²) in [4.78, 5) is 0. The Morgan fingerprint density at radius 1 is 1.44 bits per heavy atom. The molecule has 1 aliphatic rings. The van der Waals surface area contributed by atoms with Crippen LogP contribution in [0.1, 0.15) is 56.2 Å². The molecule has 0 aromatic carbocycles. The molecule has 0 amide bonds. The highest BCUT2D eigenvalue weighted by Crippen LogP contribution is 2.36. The summed E-state index contributed by atoms with van der Waals surface area (Å²) in [6.45, 7) is 5.63. The van der Waals surface area contributed by atoms with Gasteiger partial charge in [0.05, 0.1) is 0 Å². The van der Waals surface area contributed by atoms with Crippen LogP contribution in [-0.4, -0.2) is 6.54 Å². The minimum absolute atomic E-state index is 0.608.